The predicted molar refractivity (Wildman–Crippen MR) is 76.6 cm³/mol. The van der Waals surface area contributed by atoms with Gasteiger partial charge >= 0.3 is 0 Å². The maximum Gasteiger partial charge on any atom is 0.119 e. The van der Waals surface area contributed by atoms with E-state index in [1.54, 1.807) is 7.11 Å². The summed E-state index contributed by atoms with van der Waals surface area (Å²) < 4.78 is 5.15. The molecule has 2 rings (SSSR count). The van der Waals surface area contributed by atoms with Crippen LogP contribution in [0.15, 0.2) is 42.5 Å². The van der Waals surface area contributed by atoms with Crippen molar-refractivity contribution in [1.29, 1.82) is 0 Å². The molecule has 2 N–H and O–H groups in total. The van der Waals surface area contributed by atoms with Crippen LogP contribution in [0.5, 0.6) is 5.75 Å². The van der Waals surface area contributed by atoms with Gasteiger partial charge in [0, 0.05) is 24.1 Å². The molecule has 0 aliphatic heterocycles. The zero-order valence-electron chi connectivity index (χ0n) is 11.0. The Morgan fingerprint density at radius 1 is 1.00 bits per heavy atom. The summed E-state index contributed by atoms with van der Waals surface area (Å²) in [5, 5.41) is 0. The first-order valence-electron chi connectivity index (χ1n) is 5.85. The van der Waals surface area contributed by atoms with E-state index in [1.807, 2.05) is 50.4 Å². The number of nitrogens with zero attached hydrogens (tertiary/aromatic N) is 1. The number of anilines is 3. The third-order valence-corrected chi connectivity index (χ3v) is 3.10. The molecular formula is C15H18N2O. The van der Waals surface area contributed by atoms with Crippen LogP contribution in [0.25, 0.3) is 0 Å². The molecule has 0 aliphatic rings. The van der Waals surface area contributed by atoms with Crippen molar-refractivity contribution in [2.24, 2.45) is 0 Å². The summed E-state index contributed by atoms with van der Waals surface area (Å²) in [5.41, 5.74) is 9.97. The van der Waals surface area contributed by atoms with E-state index in [0.717, 1.165) is 28.4 Å². The van der Waals surface area contributed by atoms with Crippen LogP contribution >= 0.6 is 0 Å². The average Bonchev–Trinajstić information content (AvgIpc) is 2.41. The fraction of sp³-hybridized carbons (Fsp3) is 0.200. The van der Waals surface area contributed by atoms with Gasteiger partial charge in [0.15, 0.2) is 0 Å². The zero-order valence-corrected chi connectivity index (χ0v) is 11.0. The van der Waals surface area contributed by atoms with Gasteiger partial charge in [0.25, 0.3) is 0 Å². The van der Waals surface area contributed by atoms with Crippen LogP contribution in [0.4, 0.5) is 17.1 Å². The van der Waals surface area contributed by atoms with Crippen molar-refractivity contribution in [1.82, 2.24) is 0 Å². The number of ether oxygens (including phenoxy) is 1. The van der Waals surface area contributed by atoms with Gasteiger partial charge in [-0.3, -0.25) is 0 Å². The quantitative estimate of drug-likeness (QED) is 0.839. The van der Waals surface area contributed by atoms with Crippen molar-refractivity contribution in [3.05, 3.63) is 48.0 Å². The molecule has 3 nitrogen and oxygen atoms in total. The summed E-state index contributed by atoms with van der Waals surface area (Å²) in [6.07, 6.45) is 0. The molecule has 0 aromatic heterocycles. The maximum atomic E-state index is 5.83. The molecule has 0 aliphatic carbocycles. The first-order chi connectivity index (χ1) is 8.61. The van der Waals surface area contributed by atoms with Crippen LogP contribution < -0.4 is 15.4 Å². The maximum absolute atomic E-state index is 5.83. The van der Waals surface area contributed by atoms with E-state index in [4.69, 9.17) is 10.5 Å². The lowest BCUT2D eigenvalue weighted by molar-refractivity contribution is 0.415. The largest absolute Gasteiger partial charge is 0.497 e. The van der Waals surface area contributed by atoms with Crippen LogP contribution in [-0.4, -0.2) is 14.2 Å². The molecular weight excluding hydrogens is 224 g/mol. The molecule has 94 valence electrons. The highest BCUT2D eigenvalue weighted by Crippen LogP contribution is 2.27. The SMILES string of the molecule is COc1ccc(N(C)c2ccc(N)c(C)c2)cc1. The van der Waals surface area contributed by atoms with Crippen LogP contribution in [0.1, 0.15) is 5.56 Å². The first kappa shape index (κ1) is 12.3. The first-order valence-corrected chi connectivity index (χ1v) is 5.85. The van der Waals surface area contributed by atoms with Gasteiger partial charge < -0.3 is 15.4 Å². The Morgan fingerprint density at radius 3 is 2.17 bits per heavy atom. The summed E-state index contributed by atoms with van der Waals surface area (Å²) in [4.78, 5) is 2.12. The number of benzene rings is 2. The summed E-state index contributed by atoms with van der Waals surface area (Å²) >= 11 is 0. The van der Waals surface area contributed by atoms with Gasteiger partial charge in [0.05, 0.1) is 7.11 Å². The molecule has 0 fully saturated rings. The van der Waals surface area contributed by atoms with E-state index in [1.165, 1.54) is 0 Å². The normalized spacial score (nSPS) is 10.2. The minimum atomic E-state index is 0.821. The molecule has 18 heavy (non-hydrogen) atoms. The Kier molecular flexibility index (Phi) is 3.42. The molecule has 0 saturated heterocycles. The van der Waals surface area contributed by atoms with Crippen molar-refractivity contribution in [2.45, 2.75) is 6.92 Å². The summed E-state index contributed by atoms with van der Waals surface area (Å²) in [5.74, 6) is 0.862. The lowest BCUT2D eigenvalue weighted by atomic mass is 10.1. The Bertz CT molecular complexity index is 535. The number of hydrogen-bond donors (Lipinski definition) is 1. The highest BCUT2D eigenvalue weighted by molar-refractivity contribution is 5.66. The molecule has 0 atom stereocenters. The van der Waals surface area contributed by atoms with Crippen molar-refractivity contribution in [3.8, 4) is 5.75 Å². The molecule has 0 spiro atoms. The van der Waals surface area contributed by atoms with Gasteiger partial charge in [-0.1, -0.05) is 0 Å². The van der Waals surface area contributed by atoms with Crippen molar-refractivity contribution >= 4 is 17.1 Å². The van der Waals surface area contributed by atoms with Crippen LogP contribution in [-0.2, 0) is 0 Å². The number of hydrogen-bond acceptors (Lipinski definition) is 3. The van der Waals surface area contributed by atoms with E-state index in [2.05, 4.69) is 11.0 Å². The second kappa shape index (κ2) is 5.00. The number of nitrogens with two attached hydrogens (primary N) is 1. The molecule has 0 unspecified atom stereocenters. The highest BCUT2D eigenvalue weighted by Gasteiger charge is 2.05. The van der Waals surface area contributed by atoms with Crippen molar-refractivity contribution < 1.29 is 4.74 Å². The number of aryl methyl sites for hydroxylation is 1. The van der Waals surface area contributed by atoms with Crippen molar-refractivity contribution in [2.75, 3.05) is 24.8 Å². The molecule has 0 amide bonds. The van der Waals surface area contributed by atoms with E-state index in [0.29, 0.717) is 0 Å². The van der Waals surface area contributed by atoms with Gasteiger partial charge in [-0.15, -0.1) is 0 Å². The number of methoxy groups -OCH3 is 1. The second-order valence-electron chi connectivity index (χ2n) is 4.30. The third-order valence-electron chi connectivity index (χ3n) is 3.10. The van der Waals surface area contributed by atoms with Gasteiger partial charge in [0.2, 0.25) is 0 Å². The van der Waals surface area contributed by atoms with E-state index in [-0.39, 0.29) is 0 Å². The molecule has 0 radical (unpaired) electrons. The zero-order chi connectivity index (χ0) is 13.1. The van der Waals surface area contributed by atoms with Gasteiger partial charge in [-0.2, -0.15) is 0 Å². The average molecular weight is 242 g/mol. The van der Waals surface area contributed by atoms with E-state index >= 15 is 0 Å². The van der Waals surface area contributed by atoms with E-state index < -0.39 is 0 Å². The summed E-state index contributed by atoms with van der Waals surface area (Å²) in [6.45, 7) is 2.01. The molecule has 2 aromatic carbocycles. The van der Waals surface area contributed by atoms with Gasteiger partial charge in [-0.25, -0.2) is 0 Å². The summed E-state index contributed by atoms with van der Waals surface area (Å²) in [7, 11) is 3.70. The van der Waals surface area contributed by atoms with Crippen LogP contribution in [0, 0.1) is 6.92 Å². The van der Waals surface area contributed by atoms with Gasteiger partial charge in [0.1, 0.15) is 5.75 Å². The lowest BCUT2D eigenvalue weighted by Gasteiger charge is -2.20. The molecule has 2 aromatic rings. The van der Waals surface area contributed by atoms with Gasteiger partial charge in [-0.05, 0) is 55.0 Å². The second-order valence-corrected chi connectivity index (χ2v) is 4.30. The Labute approximate surface area is 108 Å². The minimum absolute atomic E-state index is 0.821. The number of nitrogen functional groups attached to an aromatic ring is 1. The Hall–Kier alpha value is -2.16. The minimum Gasteiger partial charge on any atom is -0.497 e. The highest BCUT2D eigenvalue weighted by atomic mass is 16.5. The molecule has 0 saturated carbocycles. The smallest absolute Gasteiger partial charge is 0.119 e. The van der Waals surface area contributed by atoms with Crippen molar-refractivity contribution in [3.63, 3.8) is 0 Å². The Morgan fingerprint density at radius 2 is 1.61 bits per heavy atom. The third kappa shape index (κ3) is 2.40. The lowest BCUT2D eigenvalue weighted by Crippen LogP contribution is -2.09. The fourth-order valence-electron chi connectivity index (χ4n) is 1.82. The summed E-state index contributed by atoms with van der Waals surface area (Å²) in [6, 6.07) is 14.0. The molecule has 0 heterocycles. The van der Waals surface area contributed by atoms with Crippen LogP contribution in [0.2, 0.25) is 0 Å². The Balaban J connectivity index is 2.28. The van der Waals surface area contributed by atoms with Crippen LogP contribution in [0.3, 0.4) is 0 Å². The monoisotopic (exact) mass is 242 g/mol. The topological polar surface area (TPSA) is 38.5 Å². The van der Waals surface area contributed by atoms with E-state index in [9.17, 15) is 0 Å². The molecule has 0 bridgehead atoms. The fourth-order valence-corrected chi connectivity index (χ4v) is 1.82. The number of rotatable bonds is 3. The predicted octanol–water partition coefficient (Wildman–Crippen LogP) is 3.35. The standard InChI is InChI=1S/C15H18N2O/c1-11-10-13(6-9-15(11)16)17(2)12-4-7-14(18-3)8-5-12/h4-10H,16H2,1-3H3. The molecule has 3 heteroatoms.